The maximum atomic E-state index is 10.2. The maximum absolute atomic E-state index is 10.2. The van der Waals surface area contributed by atoms with E-state index in [-0.39, 0.29) is 6.10 Å². The van der Waals surface area contributed by atoms with Crippen LogP contribution in [0.25, 0.3) is 0 Å². The van der Waals surface area contributed by atoms with Gasteiger partial charge in [-0.25, -0.2) is 0 Å². The van der Waals surface area contributed by atoms with Crippen LogP contribution < -0.4 is 0 Å². The number of hydrogen-bond donors (Lipinski definition) is 1. The van der Waals surface area contributed by atoms with Gasteiger partial charge in [-0.2, -0.15) is 0 Å². The minimum atomic E-state index is -0.263. The second kappa shape index (κ2) is 11.5. The van der Waals surface area contributed by atoms with E-state index in [0.29, 0.717) is 5.92 Å². The maximum Gasteiger partial charge on any atom is 0.0772 e. The first-order valence-corrected chi connectivity index (χ1v) is 7.61. The van der Waals surface area contributed by atoms with E-state index >= 15 is 0 Å². The molecule has 0 radical (unpaired) electrons. The van der Waals surface area contributed by atoms with E-state index in [1.54, 1.807) is 0 Å². The predicted molar refractivity (Wildman–Crippen MR) is 81.7 cm³/mol. The quantitative estimate of drug-likeness (QED) is 0.393. The van der Waals surface area contributed by atoms with E-state index in [9.17, 15) is 5.11 Å². The molecule has 0 aromatic rings. The summed E-state index contributed by atoms with van der Waals surface area (Å²) in [6.07, 6.45) is 13.4. The van der Waals surface area contributed by atoms with Crippen molar-refractivity contribution in [2.24, 2.45) is 5.92 Å². The number of hydrogen-bond acceptors (Lipinski definition) is 1. The van der Waals surface area contributed by atoms with E-state index in [1.165, 1.54) is 31.3 Å². The third kappa shape index (κ3) is 8.52. The fourth-order valence-corrected chi connectivity index (χ4v) is 2.11. The van der Waals surface area contributed by atoms with Gasteiger partial charge in [0.25, 0.3) is 0 Å². The molecule has 0 spiro atoms. The molecule has 0 amide bonds. The summed E-state index contributed by atoms with van der Waals surface area (Å²) in [6, 6.07) is 0. The zero-order valence-corrected chi connectivity index (χ0v) is 12.6. The van der Waals surface area contributed by atoms with E-state index in [4.69, 9.17) is 0 Å². The van der Waals surface area contributed by atoms with Crippen LogP contribution in [-0.2, 0) is 0 Å². The monoisotopic (exact) mass is 252 g/mol. The zero-order valence-electron chi connectivity index (χ0n) is 12.6. The number of allylic oxidation sites excluding steroid dienone is 2. The molecule has 0 bridgehead atoms. The smallest absolute Gasteiger partial charge is 0.0772 e. The lowest BCUT2D eigenvalue weighted by Crippen LogP contribution is -2.17. The van der Waals surface area contributed by atoms with Gasteiger partial charge in [0.05, 0.1) is 6.10 Å². The summed E-state index contributed by atoms with van der Waals surface area (Å²) in [5, 5.41) is 10.2. The summed E-state index contributed by atoms with van der Waals surface area (Å²) >= 11 is 0. The molecule has 106 valence electrons. The number of aliphatic hydroxyl groups excluding tert-OH is 1. The molecule has 0 saturated carbocycles. The molecule has 0 aromatic carbocycles. The molecule has 1 unspecified atom stereocenters. The lowest BCUT2D eigenvalue weighted by molar-refractivity contribution is 0.155. The Morgan fingerprint density at radius 1 is 1.11 bits per heavy atom. The van der Waals surface area contributed by atoms with Gasteiger partial charge in [0, 0.05) is 0 Å². The highest BCUT2D eigenvalue weighted by molar-refractivity contribution is 5.09. The Morgan fingerprint density at radius 3 is 2.39 bits per heavy atom. The lowest BCUT2D eigenvalue weighted by Gasteiger charge is -2.18. The van der Waals surface area contributed by atoms with Crippen LogP contribution in [0.5, 0.6) is 0 Å². The van der Waals surface area contributed by atoms with Crippen LogP contribution in [0.1, 0.15) is 72.1 Å². The minimum absolute atomic E-state index is 0.263. The molecule has 1 atom stereocenters. The molecule has 0 aliphatic carbocycles. The van der Waals surface area contributed by atoms with E-state index in [2.05, 4.69) is 33.4 Å². The molecule has 0 aromatic heterocycles. The molecular formula is C17H32O. The largest absolute Gasteiger partial charge is 0.388 e. The predicted octanol–water partition coefficient (Wildman–Crippen LogP) is 5.26. The highest BCUT2D eigenvalue weighted by Crippen LogP contribution is 2.20. The molecule has 1 nitrogen and oxygen atoms in total. The van der Waals surface area contributed by atoms with Crippen LogP contribution in [0.3, 0.4) is 0 Å². The summed E-state index contributed by atoms with van der Waals surface area (Å²) in [4.78, 5) is 0. The Morgan fingerprint density at radius 2 is 1.83 bits per heavy atom. The van der Waals surface area contributed by atoms with Crippen molar-refractivity contribution in [3.05, 3.63) is 24.3 Å². The van der Waals surface area contributed by atoms with Crippen LogP contribution in [0, 0.1) is 5.92 Å². The topological polar surface area (TPSA) is 20.2 Å². The Balaban J connectivity index is 4.17. The summed E-state index contributed by atoms with van der Waals surface area (Å²) in [5.74, 6) is 0.315. The summed E-state index contributed by atoms with van der Waals surface area (Å²) in [6.45, 7) is 10.2. The second-order valence-electron chi connectivity index (χ2n) is 5.50. The van der Waals surface area contributed by atoms with Crippen LogP contribution in [0.2, 0.25) is 0 Å². The molecule has 0 heterocycles. The first kappa shape index (κ1) is 17.4. The SMILES string of the molecule is C=CCCC/C(=C\CCCCCC)C(O)C(C)C. The molecule has 1 N–H and O–H groups in total. The number of aliphatic hydroxyl groups is 1. The summed E-state index contributed by atoms with van der Waals surface area (Å²) in [5.41, 5.74) is 1.24. The molecule has 0 aliphatic heterocycles. The van der Waals surface area contributed by atoms with Crippen molar-refractivity contribution in [3.8, 4) is 0 Å². The van der Waals surface area contributed by atoms with Gasteiger partial charge in [-0.3, -0.25) is 0 Å². The van der Waals surface area contributed by atoms with Gasteiger partial charge >= 0.3 is 0 Å². The Labute approximate surface area is 114 Å². The van der Waals surface area contributed by atoms with Crippen LogP contribution >= 0.6 is 0 Å². The Hall–Kier alpha value is -0.560. The van der Waals surface area contributed by atoms with Gasteiger partial charge in [0.2, 0.25) is 0 Å². The van der Waals surface area contributed by atoms with E-state index in [0.717, 1.165) is 25.7 Å². The molecule has 0 fully saturated rings. The zero-order chi connectivity index (χ0) is 13.8. The van der Waals surface area contributed by atoms with Crippen LogP contribution in [0.4, 0.5) is 0 Å². The van der Waals surface area contributed by atoms with Crippen molar-refractivity contribution in [3.63, 3.8) is 0 Å². The van der Waals surface area contributed by atoms with E-state index in [1.807, 2.05) is 6.08 Å². The number of rotatable bonds is 11. The molecular weight excluding hydrogens is 220 g/mol. The van der Waals surface area contributed by atoms with Crippen molar-refractivity contribution in [1.82, 2.24) is 0 Å². The minimum Gasteiger partial charge on any atom is -0.388 e. The molecule has 18 heavy (non-hydrogen) atoms. The van der Waals surface area contributed by atoms with Crippen LogP contribution in [0.15, 0.2) is 24.3 Å². The first-order chi connectivity index (χ1) is 8.63. The first-order valence-electron chi connectivity index (χ1n) is 7.61. The van der Waals surface area contributed by atoms with Crippen molar-refractivity contribution in [2.75, 3.05) is 0 Å². The molecule has 0 aliphatic rings. The highest BCUT2D eigenvalue weighted by Gasteiger charge is 2.13. The van der Waals surface area contributed by atoms with Gasteiger partial charge in [-0.05, 0) is 43.6 Å². The second-order valence-corrected chi connectivity index (χ2v) is 5.50. The van der Waals surface area contributed by atoms with Crippen molar-refractivity contribution in [2.45, 2.75) is 78.2 Å². The molecule has 1 heteroatoms. The van der Waals surface area contributed by atoms with Gasteiger partial charge in [0.1, 0.15) is 0 Å². The Kier molecular flexibility index (Phi) is 11.2. The molecule has 0 rings (SSSR count). The van der Waals surface area contributed by atoms with Gasteiger partial charge < -0.3 is 5.11 Å². The summed E-state index contributed by atoms with van der Waals surface area (Å²) in [7, 11) is 0. The number of unbranched alkanes of at least 4 members (excludes halogenated alkanes) is 5. The average molecular weight is 252 g/mol. The summed E-state index contributed by atoms with van der Waals surface area (Å²) < 4.78 is 0. The third-order valence-electron chi connectivity index (χ3n) is 3.35. The molecule has 0 saturated heterocycles. The van der Waals surface area contributed by atoms with Crippen molar-refractivity contribution < 1.29 is 5.11 Å². The normalized spacial score (nSPS) is 13.9. The van der Waals surface area contributed by atoms with Gasteiger partial charge in [0.15, 0.2) is 0 Å². The van der Waals surface area contributed by atoms with Crippen LogP contribution in [-0.4, -0.2) is 11.2 Å². The highest BCUT2D eigenvalue weighted by atomic mass is 16.3. The van der Waals surface area contributed by atoms with E-state index < -0.39 is 0 Å². The van der Waals surface area contributed by atoms with Gasteiger partial charge in [-0.1, -0.05) is 52.2 Å². The average Bonchev–Trinajstić information content (AvgIpc) is 2.35. The van der Waals surface area contributed by atoms with Gasteiger partial charge in [-0.15, -0.1) is 6.58 Å². The third-order valence-corrected chi connectivity index (χ3v) is 3.35. The standard InChI is InChI=1S/C17H32O/c1-5-7-9-10-12-14-16(13-11-8-6-2)17(18)15(3)4/h6,14-15,17-18H,2,5,7-13H2,1,3-4H3/b16-14+. The fraction of sp³-hybridized carbons (Fsp3) is 0.765. The fourth-order valence-electron chi connectivity index (χ4n) is 2.11. The van der Waals surface area contributed by atoms with Crippen molar-refractivity contribution in [1.29, 1.82) is 0 Å². The van der Waals surface area contributed by atoms with Crippen molar-refractivity contribution >= 4 is 0 Å². The Bertz CT molecular complexity index is 228. The lowest BCUT2D eigenvalue weighted by atomic mass is 9.93.